The van der Waals surface area contributed by atoms with Crippen LogP contribution in [0.25, 0.3) is 0 Å². The lowest BCUT2D eigenvalue weighted by Crippen LogP contribution is -2.02. The van der Waals surface area contributed by atoms with E-state index in [9.17, 15) is 9.18 Å². The zero-order valence-electron chi connectivity index (χ0n) is 12.3. The summed E-state index contributed by atoms with van der Waals surface area (Å²) in [5.41, 5.74) is 0.164. The van der Waals surface area contributed by atoms with Crippen LogP contribution in [0.4, 0.5) is 4.39 Å². The molecule has 0 unspecified atom stereocenters. The van der Waals surface area contributed by atoms with Crippen molar-refractivity contribution in [2.75, 3.05) is 0 Å². The number of carbonyl (C=O) groups excluding carboxylic acids is 1. The third kappa shape index (κ3) is 6.51. The molecule has 112 valence electrons. The molecule has 0 saturated heterocycles. The van der Waals surface area contributed by atoms with Gasteiger partial charge in [0.2, 0.25) is 0 Å². The van der Waals surface area contributed by atoms with Gasteiger partial charge in [0.1, 0.15) is 5.82 Å². The normalized spacial score (nSPS) is 10.8. The summed E-state index contributed by atoms with van der Waals surface area (Å²) in [6.07, 6.45) is 9.90. The number of benzene rings is 1. The van der Waals surface area contributed by atoms with Crippen molar-refractivity contribution < 1.29 is 9.18 Å². The Hall–Kier alpha value is -0.890. The average molecular weight is 299 g/mol. The molecule has 0 radical (unpaired) electrons. The summed E-state index contributed by atoms with van der Waals surface area (Å²) in [6.45, 7) is 2.21. The fourth-order valence-corrected chi connectivity index (χ4v) is 2.43. The van der Waals surface area contributed by atoms with Crippen LogP contribution in [-0.4, -0.2) is 5.78 Å². The first-order chi connectivity index (χ1) is 9.65. The molecule has 1 rings (SSSR count). The minimum absolute atomic E-state index is 0.120. The molecule has 0 aliphatic heterocycles. The van der Waals surface area contributed by atoms with E-state index in [2.05, 4.69) is 6.92 Å². The summed E-state index contributed by atoms with van der Waals surface area (Å²) >= 11 is 5.67. The highest BCUT2D eigenvalue weighted by Gasteiger charge is 2.11. The fourth-order valence-electron chi connectivity index (χ4n) is 2.27. The highest BCUT2D eigenvalue weighted by atomic mass is 35.5. The van der Waals surface area contributed by atoms with E-state index in [4.69, 9.17) is 11.6 Å². The highest BCUT2D eigenvalue weighted by molar-refractivity contribution is 6.30. The molecule has 0 bridgehead atoms. The van der Waals surface area contributed by atoms with Crippen LogP contribution in [0, 0.1) is 5.82 Å². The third-order valence-electron chi connectivity index (χ3n) is 3.49. The topological polar surface area (TPSA) is 17.1 Å². The number of rotatable bonds is 10. The molecule has 20 heavy (non-hydrogen) atoms. The monoisotopic (exact) mass is 298 g/mol. The van der Waals surface area contributed by atoms with E-state index in [1.807, 2.05) is 0 Å². The van der Waals surface area contributed by atoms with Gasteiger partial charge in [-0.15, -0.1) is 0 Å². The average Bonchev–Trinajstić information content (AvgIpc) is 2.41. The fraction of sp³-hybridized carbons (Fsp3) is 0.588. The van der Waals surface area contributed by atoms with Crippen LogP contribution in [0.5, 0.6) is 0 Å². The minimum Gasteiger partial charge on any atom is -0.294 e. The van der Waals surface area contributed by atoms with Gasteiger partial charge in [-0.05, 0) is 24.6 Å². The molecule has 1 nitrogen and oxygen atoms in total. The Balaban J connectivity index is 2.17. The van der Waals surface area contributed by atoms with Crippen molar-refractivity contribution in [3.63, 3.8) is 0 Å². The van der Waals surface area contributed by atoms with Gasteiger partial charge in [-0.2, -0.15) is 0 Å². The van der Waals surface area contributed by atoms with Crippen molar-refractivity contribution in [2.24, 2.45) is 0 Å². The molecule has 0 amide bonds. The van der Waals surface area contributed by atoms with Gasteiger partial charge in [-0.1, -0.05) is 63.5 Å². The van der Waals surface area contributed by atoms with E-state index in [0.717, 1.165) is 12.8 Å². The highest BCUT2D eigenvalue weighted by Crippen LogP contribution is 2.17. The molecule has 0 aromatic heterocycles. The molecule has 3 heteroatoms. The Morgan fingerprint density at radius 3 is 2.25 bits per heavy atom. The zero-order valence-corrected chi connectivity index (χ0v) is 13.0. The van der Waals surface area contributed by atoms with Crippen LogP contribution in [0.1, 0.15) is 75.1 Å². The van der Waals surface area contributed by atoms with Gasteiger partial charge in [0.15, 0.2) is 5.78 Å². The quantitative estimate of drug-likeness (QED) is 0.371. The molecule has 0 aliphatic rings. The number of unbranched alkanes of at least 4 members (excludes halogenated alkanes) is 7. The first kappa shape index (κ1) is 17.2. The number of hydrogen-bond donors (Lipinski definition) is 0. The van der Waals surface area contributed by atoms with Crippen LogP contribution in [0.3, 0.4) is 0 Å². The van der Waals surface area contributed by atoms with Gasteiger partial charge < -0.3 is 0 Å². The molecule has 0 N–H and O–H groups in total. The van der Waals surface area contributed by atoms with Gasteiger partial charge in [-0.3, -0.25) is 4.79 Å². The van der Waals surface area contributed by atoms with Gasteiger partial charge in [0, 0.05) is 11.4 Å². The maximum absolute atomic E-state index is 13.5. The van der Waals surface area contributed by atoms with Crippen molar-refractivity contribution in [2.45, 2.75) is 64.7 Å². The molecular weight excluding hydrogens is 275 g/mol. The Morgan fingerprint density at radius 2 is 1.65 bits per heavy atom. The lowest BCUT2D eigenvalue weighted by atomic mass is 10.0. The Kier molecular flexibility index (Phi) is 8.52. The minimum atomic E-state index is -0.512. The summed E-state index contributed by atoms with van der Waals surface area (Å²) in [7, 11) is 0. The van der Waals surface area contributed by atoms with Gasteiger partial charge in [-0.25, -0.2) is 4.39 Å². The maximum atomic E-state index is 13.5. The smallest absolute Gasteiger partial charge is 0.165 e. The lowest BCUT2D eigenvalue weighted by molar-refractivity contribution is 0.0975. The summed E-state index contributed by atoms with van der Waals surface area (Å²) in [5.74, 6) is -0.632. The number of Topliss-reactive ketones (excluding diaryl/α,β-unsaturated/α-hetero) is 1. The molecule has 0 fully saturated rings. The number of halogens is 2. The predicted molar refractivity (Wildman–Crippen MR) is 83.0 cm³/mol. The van der Waals surface area contributed by atoms with Gasteiger partial charge in [0.05, 0.1) is 5.56 Å². The SMILES string of the molecule is CCCCCCCCCCC(=O)c1ccc(Cl)cc1F. The molecule has 0 saturated carbocycles. The van der Waals surface area contributed by atoms with Crippen molar-refractivity contribution in [1.29, 1.82) is 0 Å². The summed E-state index contributed by atoms with van der Waals surface area (Å²) < 4.78 is 13.5. The first-order valence-electron chi connectivity index (χ1n) is 7.63. The first-order valence-corrected chi connectivity index (χ1v) is 8.01. The molecule has 0 heterocycles. The Bertz CT molecular complexity index is 417. The number of hydrogen-bond acceptors (Lipinski definition) is 1. The van der Waals surface area contributed by atoms with Crippen molar-refractivity contribution in [3.8, 4) is 0 Å². The van der Waals surface area contributed by atoms with E-state index in [1.54, 1.807) is 6.07 Å². The molecule has 1 aromatic carbocycles. The standard InChI is InChI=1S/C17H24ClFO/c1-2-3-4-5-6-7-8-9-10-17(20)15-12-11-14(18)13-16(15)19/h11-13H,2-10H2,1H3. The molecule has 0 spiro atoms. The van der Waals surface area contributed by atoms with E-state index < -0.39 is 5.82 Å². The summed E-state index contributed by atoms with van der Waals surface area (Å²) in [5, 5.41) is 0.325. The van der Waals surface area contributed by atoms with Crippen LogP contribution < -0.4 is 0 Å². The molecule has 0 aliphatic carbocycles. The maximum Gasteiger partial charge on any atom is 0.165 e. The van der Waals surface area contributed by atoms with E-state index >= 15 is 0 Å². The second kappa shape index (κ2) is 9.93. The summed E-state index contributed by atoms with van der Waals surface area (Å²) in [6, 6.07) is 4.23. The number of ketones is 1. The molecular formula is C17H24ClFO. The van der Waals surface area contributed by atoms with E-state index in [0.29, 0.717) is 11.4 Å². The van der Waals surface area contributed by atoms with E-state index in [1.165, 1.54) is 50.7 Å². The second-order valence-electron chi connectivity index (χ2n) is 5.27. The summed E-state index contributed by atoms with van der Waals surface area (Å²) in [4.78, 5) is 11.9. The molecule has 1 aromatic rings. The third-order valence-corrected chi connectivity index (χ3v) is 3.72. The molecule has 0 atom stereocenters. The van der Waals surface area contributed by atoms with E-state index in [-0.39, 0.29) is 11.3 Å². The van der Waals surface area contributed by atoms with Crippen LogP contribution in [0.2, 0.25) is 5.02 Å². The second-order valence-corrected chi connectivity index (χ2v) is 5.71. The van der Waals surface area contributed by atoms with Crippen molar-refractivity contribution in [1.82, 2.24) is 0 Å². The van der Waals surface area contributed by atoms with Crippen molar-refractivity contribution in [3.05, 3.63) is 34.6 Å². The van der Waals surface area contributed by atoms with Crippen LogP contribution in [-0.2, 0) is 0 Å². The van der Waals surface area contributed by atoms with Crippen LogP contribution >= 0.6 is 11.6 Å². The Labute approximate surface area is 126 Å². The predicted octanol–water partition coefficient (Wildman–Crippen LogP) is 6.19. The van der Waals surface area contributed by atoms with Crippen molar-refractivity contribution >= 4 is 17.4 Å². The number of carbonyl (C=O) groups is 1. The van der Waals surface area contributed by atoms with Crippen LogP contribution in [0.15, 0.2) is 18.2 Å². The lowest BCUT2D eigenvalue weighted by Gasteiger charge is -2.04. The zero-order chi connectivity index (χ0) is 14.8. The van der Waals surface area contributed by atoms with Gasteiger partial charge in [0.25, 0.3) is 0 Å². The largest absolute Gasteiger partial charge is 0.294 e. The Morgan fingerprint density at radius 1 is 1.05 bits per heavy atom. The van der Waals surface area contributed by atoms with Gasteiger partial charge >= 0.3 is 0 Å².